The SMILES string of the molecule is CS(=O)(=O)N(CCCC(=O)Nc1ccc(Br)cc1)c1ccc2c(c1)OCCO2. The maximum absolute atomic E-state index is 12.2. The largest absolute Gasteiger partial charge is 0.486 e. The Morgan fingerprint density at radius 3 is 2.46 bits per heavy atom. The van der Waals surface area contributed by atoms with Gasteiger partial charge in [0.1, 0.15) is 13.2 Å². The monoisotopic (exact) mass is 468 g/mol. The molecule has 2 aromatic rings. The fourth-order valence-corrected chi connectivity index (χ4v) is 4.04. The van der Waals surface area contributed by atoms with Gasteiger partial charge in [-0.2, -0.15) is 0 Å². The van der Waals surface area contributed by atoms with Crippen molar-refractivity contribution >= 4 is 43.2 Å². The number of nitrogens with zero attached hydrogens (tertiary/aromatic N) is 1. The Hall–Kier alpha value is -2.26. The Labute approximate surface area is 172 Å². The van der Waals surface area contributed by atoms with Crippen molar-refractivity contribution in [3.63, 3.8) is 0 Å². The molecule has 0 saturated heterocycles. The molecule has 1 amide bonds. The molecule has 0 radical (unpaired) electrons. The number of carbonyl (C=O) groups is 1. The molecule has 0 unspecified atom stereocenters. The molecule has 0 saturated carbocycles. The van der Waals surface area contributed by atoms with Crippen LogP contribution in [0.15, 0.2) is 46.9 Å². The third-order valence-electron chi connectivity index (χ3n) is 4.11. The summed E-state index contributed by atoms with van der Waals surface area (Å²) in [4.78, 5) is 12.1. The molecule has 0 aromatic heterocycles. The Balaban J connectivity index is 1.62. The zero-order valence-corrected chi connectivity index (χ0v) is 17.8. The minimum Gasteiger partial charge on any atom is -0.486 e. The predicted octanol–water partition coefficient (Wildman–Crippen LogP) is 3.41. The van der Waals surface area contributed by atoms with Crippen molar-refractivity contribution in [1.82, 2.24) is 0 Å². The molecule has 0 atom stereocenters. The van der Waals surface area contributed by atoms with Crippen molar-refractivity contribution in [1.29, 1.82) is 0 Å². The van der Waals surface area contributed by atoms with E-state index in [-0.39, 0.29) is 18.9 Å². The highest BCUT2D eigenvalue weighted by molar-refractivity contribution is 9.10. The zero-order valence-electron chi connectivity index (χ0n) is 15.4. The Morgan fingerprint density at radius 1 is 1.11 bits per heavy atom. The van der Waals surface area contributed by atoms with E-state index in [2.05, 4.69) is 21.2 Å². The molecule has 1 N–H and O–H groups in total. The van der Waals surface area contributed by atoms with Crippen LogP contribution in [0, 0.1) is 0 Å². The molecule has 1 aliphatic rings. The highest BCUT2D eigenvalue weighted by Gasteiger charge is 2.21. The summed E-state index contributed by atoms with van der Waals surface area (Å²) in [5, 5.41) is 2.80. The van der Waals surface area contributed by atoms with E-state index in [1.54, 1.807) is 30.3 Å². The molecule has 0 bridgehead atoms. The van der Waals surface area contributed by atoms with E-state index in [9.17, 15) is 13.2 Å². The first kappa shape index (κ1) is 20.5. The number of benzene rings is 2. The molecule has 0 fully saturated rings. The van der Waals surface area contributed by atoms with Crippen LogP contribution >= 0.6 is 15.9 Å². The number of amides is 1. The van der Waals surface area contributed by atoms with Gasteiger partial charge < -0.3 is 14.8 Å². The molecule has 7 nitrogen and oxygen atoms in total. The van der Waals surface area contributed by atoms with Crippen LogP contribution in [0.25, 0.3) is 0 Å². The summed E-state index contributed by atoms with van der Waals surface area (Å²) in [6, 6.07) is 12.3. The summed E-state index contributed by atoms with van der Waals surface area (Å²) in [5.41, 5.74) is 1.18. The van der Waals surface area contributed by atoms with Crippen LogP contribution in [-0.4, -0.2) is 40.3 Å². The number of fused-ring (bicyclic) bond motifs is 1. The number of halogens is 1. The number of carbonyl (C=O) groups excluding carboxylic acids is 1. The van der Waals surface area contributed by atoms with Crippen molar-refractivity contribution in [3.05, 3.63) is 46.9 Å². The fraction of sp³-hybridized carbons (Fsp3) is 0.316. The zero-order chi connectivity index (χ0) is 20.1. The van der Waals surface area contributed by atoms with Crippen molar-refractivity contribution in [2.45, 2.75) is 12.8 Å². The van der Waals surface area contributed by atoms with Crippen molar-refractivity contribution in [2.24, 2.45) is 0 Å². The summed E-state index contributed by atoms with van der Waals surface area (Å²) in [7, 11) is -3.51. The van der Waals surface area contributed by atoms with E-state index in [0.717, 1.165) is 10.7 Å². The van der Waals surface area contributed by atoms with Crippen LogP contribution in [0.2, 0.25) is 0 Å². The summed E-state index contributed by atoms with van der Waals surface area (Å²) in [5.74, 6) is 0.945. The predicted molar refractivity (Wildman–Crippen MR) is 112 cm³/mol. The Kier molecular flexibility index (Phi) is 6.46. The van der Waals surface area contributed by atoms with Crippen LogP contribution in [0.4, 0.5) is 11.4 Å². The van der Waals surface area contributed by atoms with E-state index in [0.29, 0.717) is 42.5 Å². The van der Waals surface area contributed by atoms with Crippen LogP contribution < -0.4 is 19.1 Å². The van der Waals surface area contributed by atoms with Gasteiger partial charge in [0.2, 0.25) is 15.9 Å². The average molecular weight is 469 g/mol. The van der Waals surface area contributed by atoms with Crippen LogP contribution in [0.1, 0.15) is 12.8 Å². The Morgan fingerprint density at radius 2 is 1.79 bits per heavy atom. The minimum absolute atomic E-state index is 0.169. The molecular weight excluding hydrogens is 448 g/mol. The van der Waals surface area contributed by atoms with Crippen molar-refractivity contribution in [2.75, 3.05) is 35.6 Å². The maximum atomic E-state index is 12.2. The number of ether oxygens (including phenoxy) is 2. The second-order valence-corrected chi connectivity index (χ2v) is 9.14. The van der Waals surface area contributed by atoms with Gasteiger partial charge in [-0.15, -0.1) is 0 Å². The number of anilines is 2. The van der Waals surface area contributed by atoms with E-state index < -0.39 is 10.0 Å². The van der Waals surface area contributed by atoms with E-state index in [4.69, 9.17) is 9.47 Å². The molecular formula is C19H21BrN2O5S. The van der Waals surface area contributed by atoms with Crippen LogP contribution in [0.3, 0.4) is 0 Å². The van der Waals surface area contributed by atoms with Crippen molar-refractivity contribution < 1.29 is 22.7 Å². The van der Waals surface area contributed by atoms with Crippen molar-refractivity contribution in [3.8, 4) is 11.5 Å². The maximum Gasteiger partial charge on any atom is 0.232 e. The number of rotatable bonds is 7. The molecule has 3 rings (SSSR count). The lowest BCUT2D eigenvalue weighted by molar-refractivity contribution is -0.116. The lowest BCUT2D eigenvalue weighted by atomic mass is 10.2. The standard InChI is InChI=1S/C19H21BrN2O5S/c1-28(24,25)22(16-8-9-17-18(13-16)27-12-11-26-17)10-2-3-19(23)21-15-6-4-14(20)5-7-15/h4-9,13H,2-3,10-12H2,1H3,(H,21,23). The summed E-state index contributed by atoms with van der Waals surface area (Å²) in [6.45, 7) is 1.08. The first-order chi connectivity index (χ1) is 13.3. The highest BCUT2D eigenvalue weighted by atomic mass is 79.9. The average Bonchev–Trinajstić information content (AvgIpc) is 2.66. The van der Waals surface area contributed by atoms with E-state index in [1.807, 2.05) is 12.1 Å². The quantitative estimate of drug-likeness (QED) is 0.672. The van der Waals surface area contributed by atoms with Crippen LogP contribution in [0.5, 0.6) is 11.5 Å². The number of hydrogen-bond acceptors (Lipinski definition) is 5. The topological polar surface area (TPSA) is 84.9 Å². The summed E-state index contributed by atoms with van der Waals surface area (Å²) < 4.78 is 37.7. The second-order valence-electron chi connectivity index (χ2n) is 6.32. The van der Waals surface area contributed by atoms with Gasteiger partial charge in [-0.3, -0.25) is 9.10 Å². The Bertz CT molecular complexity index is 947. The van der Waals surface area contributed by atoms with Gasteiger partial charge in [-0.25, -0.2) is 8.42 Å². The van der Waals surface area contributed by atoms with Gasteiger partial charge in [0.05, 0.1) is 11.9 Å². The molecule has 150 valence electrons. The lowest BCUT2D eigenvalue weighted by Gasteiger charge is -2.25. The number of hydrogen-bond donors (Lipinski definition) is 1. The first-order valence-electron chi connectivity index (χ1n) is 8.76. The molecule has 0 aliphatic carbocycles. The van der Waals surface area contributed by atoms with Gasteiger partial charge in [0.25, 0.3) is 0 Å². The molecule has 1 heterocycles. The molecule has 1 aliphatic heterocycles. The molecule has 2 aromatic carbocycles. The number of nitrogens with one attached hydrogen (secondary N) is 1. The van der Waals surface area contributed by atoms with Gasteiger partial charge in [0, 0.05) is 29.2 Å². The molecule has 9 heteroatoms. The molecule has 28 heavy (non-hydrogen) atoms. The highest BCUT2D eigenvalue weighted by Crippen LogP contribution is 2.34. The minimum atomic E-state index is -3.51. The lowest BCUT2D eigenvalue weighted by Crippen LogP contribution is -2.31. The second kappa shape index (κ2) is 8.83. The van der Waals surface area contributed by atoms with Gasteiger partial charge in [-0.05, 0) is 42.8 Å². The third kappa shape index (κ3) is 5.39. The third-order valence-corrected chi connectivity index (χ3v) is 5.83. The van der Waals surface area contributed by atoms with Gasteiger partial charge in [0.15, 0.2) is 11.5 Å². The summed E-state index contributed by atoms with van der Waals surface area (Å²) in [6.07, 6.45) is 1.72. The smallest absolute Gasteiger partial charge is 0.232 e. The van der Waals surface area contributed by atoms with Crippen LogP contribution in [-0.2, 0) is 14.8 Å². The van der Waals surface area contributed by atoms with Gasteiger partial charge >= 0.3 is 0 Å². The first-order valence-corrected chi connectivity index (χ1v) is 11.4. The fourth-order valence-electron chi connectivity index (χ4n) is 2.81. The normalized spacial score (nSPS) is 13.1. The van der Waals surface area contributed by atoms with E-state index >= 15 is 0 Å². The number of sulfonamides is 1. The van der Waals surface area contributed by atoms with E-state index in [1.165, 1.54) is 4.31 Å². The van der Waals surface area contributed by atoms with Gasteiger partial charge in [-0.1, -0.05) is 15.9 Å². The molecule has 0 spiro atoms. The summed E-state index contributed by atoms with van der Waals surface area (Å²) >= 11 is 3.34.